The highest BCUT2D eigenvalue weighted by atomic mass is 35.5. The summed E-state index contributed by atoms with van der Waals surface area (Å²) in [5, 5.41) is 9.22. The first kappa shape index (κ1) is 14.9. The van der Waals surface area contributed by atoms with E-state index in [9.17, 15) is 9.90 Å². The van der Waals surface area contributed by atoms with Crippen LogP contribution in [-0.2, 0) is 4.79 Å². The highest BCUT2D eigenvalue weighted by Crippen LogP contribution is 2.34. The number of carbonyl (C=O) groups is 1. The van der Waals surface area contributed by atoms with E-state index in [0.717, 1.165) is 0 Å². The molecule has 4 heteroatoms. The Hall–Kier alpha value is -1.19. The average Bonchev–Trinajstić information content (AvgIpc) is 2.39. The van der Waals surface area contributed by atoms with Crippen LogP contribution in [0.5, 0.6) is 0 Å². The molecule has 1 aromatic rings. The zero-order chi connectivity index (χ0) is 12.3. The summed E-state index contributed by atoms with van der Waals surface area (Å²) in [6.07, 6.45) is 9.28. The lowest BCUT2D eigenvalue weighted by Crippen LogP contribution is -2.31. The second-order valence-electron chi connectivity index (χ2n) is 3.96. The molecule has 0 amide bonds. The summed E-state index contributed by atoms with van der Waals surface area (Å²) in [5.41, 5.74) is 1.18. The van der Waals surface area contributed by atoms with Gasteiger partial charge in [0.2, 0.25) is 0 Å². The van der Waals surface area contributed by atoms with Gasteiger partial charge in [-0.15, -0.1) is 24.2 Å². The lowest BCUT2D eigenvalue weighted by molar-refractivity contribution is -0.137. The standard InChI is InChI=1S/C14H14O2S.ClH/c1-17-14(13(15)16)9-7-12(8-10-14)11-5-3-2-4-6-11;/h2-10,12H,1H3,(H,15,16);1H. The number of rotatable bonds is 3. The van der Waals surface area contributed by atoms with Crippen LogP contribution in [0.4, 0.5) is 0 Å². The number of aliphatic carboxylic acids is 1. The van der Waals surface area contributed by atoms with Gasteiger partial charge in [0.05, 0.1) is 0 Å². The number of carboxylic acid groups (broad SMARTS) is 1. The number of carboxylic acids is 1. The maximum Gasteiger partial charge on any atom is 0.327 e. The fourth-order valence-electron chi connectivity index (χ4n) is 1.88. The molecular formula is C14H15ClO2S. The lowest BCUT2D eigenvalue weighted by Gasteiger charge is -2.24. The van der Waals surface area contributed by atoms with Crippen molar-refractivity contribution in [1.82, 2.24) is 0 Å². The summed E-state index contributed by atoms with van der Waals surface area (Å²) >= 11 is 1.33. The summed E-state index contributed by atoms with van der Waals surface area (Å²) in [4.78, 5) is 11.2. The van der Waals surface area contributed by atoms with Crippen molar-refractivity contribution in [3.8, 4) is 0 Å². The average molecular weight is 283 g/mol. The topological polar surface area (TPSA) is 37.3 Å². The van der Waals surface area contributed by atoms with Gasteiger partial charge in [-0.3, -0.25) is 4.79 Å². The van der Waals surface area contributed by atoms with Gasteiger partial charge in [0.1, 0.15) is 4.75 Å². The molecule has 0 radical (unpaired) electrons. The summed E-state index contributed by atoms with van der Waals surface area (Å²) < 4.78 is -0.898. The van der Waals surface area contributed by atoms with Crippen molar-refractivity contribution in [1.29, 1.82) is 0 Å². The first-order valence-electron chi connectivity index (χ1n) is 5.40. The number of allylic oxidation sites excluding steroid dienone is 2. The minimum atomic E-state index is -0.898. The Bertz CT molecular complexity index is 454. The number of hydrogen-bond acceptors (Lipinski definition) is 2. The highest BCUT2D eigenvalue weighted by molar-refractivity contribution is 8.01. The Morgan fingerprint density at radius 2 is 1.78 bits per heavy atom. The van der Waals surface area contributed by atoms with Gasteiger partial charge in [-0.25, -0.2) is 0 Å². The smallest absolute Gasteiger partial charge is 0.327 e. The summed E-state index contributed by atoms with van der Waals surface area (Å²) in [5.74, 6) is -0.639. The van der Waals surface area contributed by atoms with Crippen molar-refractivity contribution < 1.29 is 9.90 Å². The number of hydrogen-bond donors (Lipinski definition) is 1. The molecule has 1 N–H and O–H groups in total. The molecule has 0 atom stereocenters. The van der Waals surface area contributed by atoms with Gasteiger partial charge in [-0.2, -0.15) is 0 Å². The van der Waals surface area contributed by atoms with E-state index in [1.165, 1.54) is 17.3 Å². The largest absolute Gasteiger partial charge is 0.480 e. The van der Waals surface area contributed by atoms with Crippen molar-refractivity contribution in [2.45, 2.75) is 10.7 Å². The van der Waals surface area contributed by atoms with Gasteiger partial charge < -0.3 is 5.11 Å². The Morgan fingerprint density at radius 1 is 1.22 bits per heavy atom. The lowest BCUT2D eigenvalue weighted by atomic mass is 9.90. The van der Waals surface area contributed by atoms with E-state index < -0.39 is 10.7 Å². The normalized spacial score (nSPS) is 25.5. The fraction of sp³-hybridized carbons (Fsp3) is 0.214. The molecule has 0 aromatic heterocycles. The van der Waals surface area contributed by atoms with Crippen molar-refractivity contribution in [2.75, 3.05) is 6.26 Å². The predicted molar refractivity (Wildman–Crippen MR) is 78.6 cm³/mol. The first-order chi connectivity index (χ1) is 8.18. The van der Waals surface area contributed by atoms with Crippen LogP contribution in [0.3, 0.4) is 0 Å². The maximum absolute atomic E-state index is 11.2. The molecule has 1 aromatic carbocycles. The van der Waals surface area contributed by atoms with Gasteiger partial charge in [-0.1, -0.05) is 54.6 Å². The Kier molecular flexibility index (Phi) is 5.05. The van der Waals surface area contributed by atoms with Gasteiger partial charge in [0.25, 0.3) is 0 Å². The summed E-state index contributed by atoms with van der Waals surface area (Å²) in [6.45, 7) is 0. The quantitative estimate of drug-likeness (QED) is 0.862. The van der Waals surface area contributed by atoms with Gasteiger partial charge in [-0.05, 0) is 11.8 Å². The van der Waals surface area contributed by atoms with Crippen LogP contribution in [0.15, 0.2) is 54.6 Å². The number of benzene rings is 1. The number of halogens is 1. The third-order valence-corrected chi connectivity index (χ3v) is 4.08. The molecule has 0 unspecified atom stereocenters. The van der Waals surface area contributed by atoms with Crippen LogP contribution in [0, 0.1) is 0 Å². The molecule has 2 rings (SSSR count). The SMILES string of the molecule is CSC1(C(=O)O)C=CC(c2ccccc2)C=C1.Cl. The van der Waals surface area contributed by atoms with E-state index in [-0.39, 0.29) is 18.3 Å². The van der Waals surface area contributed by atoms with Crippen molar-refractivity contribution in [2.24, 2.45) is 0 Å². The zero-order valence-electron chi connectivity index (χ0n) is 9.95. The molecule has 0 saturated carbocycles. The van der Waals surface area contributed by atoms with Crippen LogP contribution in [0.2, 0.25) is 0 Å². The molecular weight excluding hydrogens is 268 g/mol. The molecule has 1 aliphatic rings. The molecule has 96 valence electrons. The second-order valence-corrected chi connectivity index (χ2v) is 5.04. The van der Waals surface area contributed by atoms with Crippen LogP contribution in [0.25, 0.3) is 0 Å². The molecule has 0 spiro atoms. The molecule has 18 heavy (non-hydrogen) atoms. The first-order valence-corrected chi connectivity index (χ1v) is 6.62. The molecule has 0 saturated heterocycles. The molecule has 0 fully saturated rings. The fourth-order valence-corrected chi connectivity index (χ4v) is 2.48. The molecule has 0 heterocycles. The van der Waals surface area contributed by atoms with Crippen LogP contribution in [-0.4, -0.2) is 22.1 Å². The van der Waals surface area contributed by atoms with E-state index >= 15 is 0 Å². The van der Waals surface area contributed by atoms with Crippen molar-refractivity contribution in [3.63, 3.8) is 0 Å². The molecule has 0 aliphatic heterocycles. The monoisotopic (exact) mass is 282 g/mol. The highest BCUT2D eigenvalue weighted by Gasteiger charge is 2.34. The van der Waals surface area contributed by atoms with Crippen LogP contribution in [0.1, 0.15) is 11.5 Å². The van der Waals surface area contributed by atoms with E-state index in [1.54, 1.807) is 12.2 Å². The summed E-state index contributed by atoms with van der Waals surface area (Å²) in [6, 6.07) is 10.1. The Balaban J connectivity index is 0.00000162. The Labute approximate surface area is 117 Å². The minimum absolute atomic E-state index is 0. The van der Waals surface area contributed by atoms with Crippen LogP contribution >= 0.6 is 24.2 Å². The molecule has 1 aliphatic carbocycles. The van der Waals surface area contributed by atoms with Crippen molar-refractivity contribution in [3.05, 3.63) is 60.2 Å². The van der Waals surface area contributed by atoms with E-state index in [1.807, 2.05) is 48.7 Å². The third kappa shape index (κ3) is 2.79. The number of thioether (sulfide) groups is 1. The van der Waals surface area contributed by atoms with E-state index in [0.29, 0.717) is 0 Å². The van der Waals surface area contributed by atoms with E-state index in [2.05, 4.69) is 0 Å². The van der Waals surface area contributed by atoms with Gasteiger partial charge in [0, 0.05) is 5.92 Å². The zero-order valence-corrected chi connectivity index (χ0v) is 11.6. The van der Waals surface area contributed by atoms with Crippen molar-refractivity contribution >= 4 is 30.1 Å². The van der Waals surface area contributed by atoms with E-state index in [4.69, 9.17) is 0 Å². The summed E-state index contributed by atoms with van der Waals surface area (Å²) in [7, 11) is 0. The third-order valence-electron chi connectivity index (χ3n) is 2.96. The van der Waals surface area contributed by atoms with Crippen LogP contribution < -0.4 is 0 Å². The minimum Gasteiger partial charge on any atom is -0.480 e. The molecule has 2 nitrogen and oxygen atoms in total. The Morgan fingerprint density at radius 3 is 2.22 bits per heavy atom. The molecule has 0 bridgehead atoms. The van der Waals surface area contributed by atoms with Gasteiger partial charge >= 0.3 is 5.97 Å². The predicted octanol–water partition coefficient (Wildman–Crippen LogP) is 3.50. The van der Waals surface area contributed by atoms with Gasteiger partial charge in [0.15, 0.2) is 0 Å². The second kappa shape index (κ2) is 6.12. The maximum atomic E-state index is 11.2.